The van der Waals surface area contributed by atoms with Gasteiger partial charge in [-0.15, -0.1) is 11.3 Å². The lowest BCUT2D eigenvalue weighted by Gasteiger charge is -2.07. The van der Waals surface area contributed by atoms with Gasteiger partial charge in [-0.2, -0.15) is 0 Å². The summed E-state index contributed by atoms with van der Waals surface area (Å²) in [5.74, 6) is -1.37. The topological polar surface area (TPSA) is 109 Å². The van der Waals surface area contributed by atoms with Gasteiger partial charge in [0.15, 0.2) is 9.90 Å². The van der Waals surface area contributed by atoms with Crippen LogP contribution in [0.2, 0.25) is 0 Å². The molecule has 0 unspecified atom stereocenters. The summed E-state index contributed by atoms with van der Waals surface area (Å²) in [4.78, 5) is 18.4. The second-order valence-electron chi connectivity index (χ2n) is 3.92. The standard InChI is InChI=1S/C11H11N3O4S2/c1-7-2-3-12-4-8(7)5-14-20(17,18)11-9(10(15)16)13-6-19-11/h2-4,6,14H,5H2,1H3,(H,15,16). The number of aromatic carboxylic acids is 1. The summed E-state index contributed by atoms with van der Waals surface area (Å²) in [6, 6.07) is 1.76. The van der Waals surface area contributed by atoms with Crippen molar-refractivity contribution < 1.29 is 18.3 Å². The monoisotopic (exact) mass is 313 g/mol. The van der Waals surface area contributed by atoms with Gasteiger partial charge in [0.25, 0.3) is 10.0 Å². The molecule has 0 aliphatic heterocycles. The van der Waals surface area contributed by atoms with Gasteiger partial charge in [-0.1, -0.05) is 0 Å². The van der Waals surface area contributed by atoms with Crippen molar-refractivity contribution in [2.45, 2.75) is 17.7 Å². The normalized spacial score (nSPS) is 11.4. The van der Waals surface area contributed by atoms with Crippen LogP contribution in [0.25, 0.3) is 0 Å². The van der Waals surface area contributed by atoms with Crippen LogP contribution < -0.4 is 4.72 Å². The van der Waals surface area contributed by atoms with Crippen LogP contribution in [0.3, 0.4) is 0 Å². The number of pyridine rings is 1. The summed E-state index contributed by atoms with van der Waals surface area (Å²) in [7, 11) is -3.91. The first-order valence-electron chi connectivity index (χ1n) is 5.48. The maximum absolute atomic E-state index is 12.1. The molecule has 0 saturated heterocycles. The first-order chi connectivity index (χ1) is 9.42. The van der Waals surface area contributed by atoms with Crippen molar-refractivity contribution >= 4 is 27.3 Å². The summed E-state index contributed by atoms with van der Waals surface area (Å²) in [5, 5.41) is 8.89. The molecule has 0 saturated carbocycles. The second-order valence-corrected chi connectivity index (χ2v) is 6.74. The molecule has 2 aromatic heterocycles. The number of nitrogens with one attached hydrogen (secondary N) is 1. The number of rotatable bonds is 5. The van der Waals surface area contributed by atoms with Crippen LogP contribution in [0.15, 0.2) is 28.2 Å². The fraction of sp³-hybridized carbons (Fsp3) is 0.182. The highest BCUT2D eigenvalue weighted by atomic mass is 32.2. The molecular weight excluding hydrogens is 302 g/mol. The Morgan fingerprint density at radius 3 is 2.90 bits per heavy atom. The van der Waals surface area contributed by atoms with Crippen molar-refractivity contribution in [3.8, 4) is 0 Å². The first-order valence-corrected chi connectivity index (χ1v) is 7.84. The molecule has 20 heavy (non-hydrogen) atoms. The highest BCUT2D eigenvalue weighted by Crippen LogP contribution is 2.20. The van der Waals surface area contributed by atoms with Crippen LogP contribution >= 0.6 is 11.3 Å². The van der Waals surface area contributed by atoms with Gasteiger partial charge in [0.1, 0.15) is 0 Å². The number of carbonyl (C=O) groups is 1. The summed E-state index contributed by atoms with van der Waals surface area (Å²) in [6.45, 7) is 1.87. The summed E-state index contributed by atoms with van der Waals surface area (Å²) in [5.41, 5.74) is 2.33. The van der Waals surface area contributed by atoms with Gasteiger partial charge in [-0.25, -0.2) is 22.9 Å². The molecule has 0 amide bonds. The van der Waals surface area contributed by atoms with E-state index in [4.69, 9.17) is 5.11 Å². The lowest BCUT2D eigenvalue weighted by molar-refractivity contribution is 0.0687. The average molecular weight is 313 g/mol. The third-order valence-corrected chi connectivity index (χ3v) is 5.35. The zero-order valence-electron chi connectivity index (χ0n) is 10.4. The number of aryl methyl sites for hydroxylation is 1. The van der Waals surface area contributed by atoms with Crippen LogP contribution in [0.1, 0.15) is 21.6 Å². The number of aromatic nitrogens is 2. The lowest BCUT2D eigenvalue weighted by atomic mass is 10.2. The zero-order valence-corrected chi connectivity index (χ0v) is 12.0. The Balaban J connectivity index is 2.22. The van der Waals surface area contributed by atoms with Gasteiger partial charge < -0.3 is 5.11 Å². The van der Waals surface area contributed by atoms with Crippen molar-refractivity contribution in [1.82, 2.24) is 14.7 Å². The predicted octanol–water partition coefficient (Wildman–Crippen LogP) is 1.02. The third-order valence-electron chi connectivity index (χ3n) is 2.58. The van der Waals surface area contributed by atoms with E-state index in [0.29, 0.717) is 0 Å². The minimum Gasteiger partial charge on any atom is -0.476 e. The molecule has 2 heterocycles. The lowest BCUT2D eigenvalue weighted by Crippen LogP contribution is -2.24. The summed E-state index contributed by atoms with van der Waals surface area (Å²) < 4.78 is 26.2. The van der Waals surface area contributed by atoms with Gasteiger partial charge in [-0.05, 0) is 24.1 Å². The van der Waals surface area contributed by atoms with E-state index >= 15 is 0 Å². The van der Waals surface area contributed by atoms with Crippen molar-refractivity contribution in [1.29, 1.82) is 0 Å². The van der Waals surface area contributed by atoms with E-state index in [2.05, 4.69) is 14.7 Å². The maximum atomic E-state index is 12.1. The third kappa shape index (κ3) is 3.00. The molecule has 0 aromatic carbocycles. The molecule has 0 aliphatic rings. The van der Waals surface area contributed by atoms with Crippen molar-refractivity contribution in [3.63, 3.8) is 0 Å². The Morgan fingerprint density at radius 1 is 1.50 bits per heavy atom. The van der Waals surface area contributed by atoms with E-state index in [0.717, 1.165) is 22.5 Å². The number of nitrogens with zero attached hydrogens (tertiary/aromatic N) is 2. The molecule has 2 N–H and O–H groups in total. The molecule has 0 spiro atoms. The maximum Gasteiger partial charge on any atom is 0.356 e. The van der Waals surface area contributed by atoms with Gasteiger partial charge in [0.2, 0.25) is 0 Å². The SMILES string of the molecule is Cc1ccncc1CNS(=O)(=O)c1scnc1C(=O)O. The Kier molecular flexibility index (Phi) is 4.12. The van der Waals surface area contributed by atoms with Crippen LogP contribution in [0.5, 0.6) is 0 Å². The van der Waals surface area contributed by atoms with Crippen LogP contribution in [0, 0.1) is 6.92 Å². The molecule has 2 rings (SSSR count). The van der Waals surface area contributed by atoms with Crippen LogP contribution in [0.4, 0.5) is 0 Å². The Hall–Kier alpha value is -1.84. The van der Waals surface area contributed by atoms with E-state index in [1.54, 1.807) is 18.5 Å². The Labute approximate surface area is 119 Å². The van der Waals surface area contributed by atoms with Crippen LogP contribution in [-0.4, -0.2) is 29.5 Å². The van der Waals surface area contributed by atoms with Gasteiger partial charge in [0.05, 0.1) is 5.51 Å². The quantitative estimate of drug-likeness (QED) is 0.853. The molecule has 0 bridgehead atoms. The van der Waals surface area contributed by atoms with E-state index < -0.39 is 21.7 Å². The smallest absolute Gasteiger partial charge is 0.356 e. The first kappa shape index (κ1) is 14.6. The van der Waals surface area contributed by atoms with Crippen molar-refractivity contribution in [2.24, 2.45) is 0 Å². The van der Waals surface area contributed by atoms with E-state index in [1.807, 2.05) is 6.92 Å². The number of carboxylic acid groups (broad SMARTS) is 1. The van der Waals surface area contributed by atoms with E-state index in [1.165, 1.54) is 5.51 Å². The fourth-order valence-corrected chi connectivity index (χ4v) is 3.68. The number of hydrogen-bond donors (Lipinski definition) is 2. The van der Waals surface area contributed by atoms with E-state index in [9.17, 15) is 13.2 Å². The van der Waals surface area contributed by atoms with Crippen molar-refractivity contribution in [3.05, 3.63) is 40.8 Å². The summed E-state index contributed by atoms with van der Waals surface area (Å²) >= 11 is 0.766. The molecule has 9 heteroatoms. The molecular formula is C11H11N3O4S2. The Bertz CT molecular complexity index is 740. The average Bonchev–Trinajstić information content (AvgIpc) is 2.88. The highest BCUT2D eigenvalue weighted by Gasteiger charge is 2.25. The highest BCUT2D eigenvalue weighted by molar-refractivity contribution is 7.91. The van der Waals surface area contributed by atoms with Gasteiger partial charge in [-0.3, -0.25) is 4.98 Å². The number of sulfonamides is 1. The summed E-state index contributed by atoms with van der Waals surface area (Å²) in [6.07, 6.45) is 3.17. The second kappa shape index (κ2) is 5.65. The molecule has 106 valence electrons. The number of thiazole rings is 1. The Morgan fingerprint density at radius 2 is 2.25 bits per heavy atom. The van der Waals surface area contributed by atoms with E-state index in [-0.39, 0.29) is 10.8 Å². The van der Waals surface area contributed by atoms with Crippen LogP contribution in [-0.2, 0) is 16.6 Å². The fourth-order valence-electron chi connectivity index (χ4n) is 1.49. The molecule has 0 radical (unpaired) electrons. The molecule has 7 nitrogen and oxygen atoms in total. The minimum absolute atomic E-state index is 0.0406. The van der Waals surface area contributed by atoms with Gasteiger partial charge >= 0.3 is 5.97 Å². The van der Waals surface area contributed by atoms with Crippen molar-refractivity contribution in [2.75, 3.05) is 0 Å². The largest absolute Gasteiger partial charge is 0.476 e. The number of carboxylic acids is 1. The number of hydrogen-bond acceptors (Lipinski definition) is 6. The molecule has 0 atom stereocenters. The predicted molar refractivity (Wildman–Crippen MR) is 72.1 cm³/mol. The zero-order chi connectivity index (χ0) is 14.8. The minimum atomic E-state index is -3.91. The molecule has 0 fully saturated rings. The van der Waals surface area contributed by atoms with Gasteiger partial charge in [0, 0.05) is 18.9 Å². The molecule has 2 aromatic rings. The molecule has 0 aliphatic carbocycles.